The minimum Gasteiger partial charge on any atom is -0.310 e. The number of carbonyl (C=O) groups is 1. The van der Waals surface area contributed by atoms with Gasteiger partial charge in [0, 0.05) is 11.1 Å². The van der Waals surface area contributed by atoms with Crippen molar-refractivity contribution in [1.29, 1.82) is 0 Å². The number of nitrogens with zero attached hydrogens (tertiary/aromatic N) is 1. The van der Waals surface area contributed by atoms with Gasteiger partial charge in [0.15, 0.2) is 10.7 Å². The van der Waals surface area contributed by atoms with Crippen LogP contribution in [-0.4, -0.2) is 22.6 Å². The normalized spacial score (nSPS) is 15.6. The summed E-state index contributed by atoms with van der Waals surface area (Å²) in [5.74, 6) is -1.32. The summed E-state index contributed by atoms with van der Waals surface area (Å²) in [6.07, 6.45) is -3.36. The monoisotopic (exact) mass is 253 g/mol. The molecule has 4 nitrogen and oxygen atoms in total. The number of thiazole rings is 1. The fraction of sp³-hybridized carbons (Fsp3) is 0.500. The molecule has 0 aliphatic rings. The lowest BCUT2D eigenvalue weighted by Crippen LogP contribution is -2.59. The predicted octanol–water partition coefficient (Wildman–Crippen LogP) is 1.67. The van der Waals surface area contributed by atoms with E-state index in [9.17, 15) is 18.0 Å². The van der Waals surface area contributed by atoms with Crippen molar-refractivity contribution in [2.45, 2.75) is 25.6 Å². The van der Waals surface area contributed by atoms with Crippen LogP contribution in [0.1, 0.15) is 11.8 Å². The number of halogens is 3. The summed E-state index contributed by atoms with van der Waals surface area (Å²) >= 11 is 1.08. The third-order valence-corrected chi connectivity index (χ3v) is 2.73. The maximum Gasteiger partial charge on any atom is 0.415 e. The number of hydrogen-bond acceptors (Lipinski definition) is 4. The largest absolute Gasteiger partial charge is 0.415 e. The lowest BCUT2D eigenvalue weighted by atomic mass is 10.0. The summed E-state index contributed by atoms with van der Waals surface area (Å²) in [5.41, 5.74) is 2.01. The van der Waals surface area contributed by atoms with Gasteiger partial charge in [0.1, 0.15) is 0 Å². The number of rotatable bonds is 2. The minimum absolute atomic E-state index is 0.100. The molecule has 0 aliphatic carbocycles. The second-order valence-electron chi connectivity index (χ2n) is 3.43. The molecule has 1 heterocycles. The molecule has 3 N–H and O–H groups in total. The summed E-state index contributed by atoms with van der Waals surface area (Å²) in [7, 11) is 0. The molecule has 0 aromatic carbocycles. The van der Waals surface area contributed by atoms with E-state index in [0.29, 0.717) is 6.92 Å². The van der Waals surface area contributed by atoms with Gasteiger partial charge in [-0.3, -0.25) is 4.79 Å². The highest BCUT2D eigenvalue weighted by Gasteiger charge is 2.54. The van der Waals surface area contributed by atoms with E-state index in [1.807, 2.05) is 5.32 Å². The molecule has 1 atom stereocenters. The maximum absolute atomic E-state index is 12.4. The van der Waals surface area contributed by atoms with Gasteiger partial charge in [0.2, 0.25) is 0 Å². The summed E-state index contributed by atoms with van der Waals surface area (Å²) in [6.45, 7) is 2.33. The van der Waals surface area contributed by atoms with Crippen molar-refractivity contribution in [3.63, 3.8) is 0 Å². The molecule has 1 aromatic heterocycles. The van der Waals surface area contributed by atoms with Crippen LogP contribution >= 0.6 is 11.3 Å². The van der Waals surface area contributed by atoms with Crippen molar-refractivity contribution in [2.75, 3.05) is 5.32 Å². The summed E-state index contributed by atoms with van der Waals surface area (Å²) < 4.78 is 37.2. The number of amides is 1. The zero-order chi connectivity index (χ0) is 12.6. The average molecular weight is 253 g/mol. The molecule has 16 heavy (non-hydrogen) atoms. The van der Waals surface area contributed by atoms with Crippen LogP contribution in [0.4, 0.5) is 18.3 Å². The molecule has 0 aliphatic heterocycles. The number of hydrogen-bond donors (Lipinski definition) is 2. The number of nitrogens with one attached hydrogen (secondary N) is 1. The van der Waals surface area contributed by atoms with Crippen LogP contribution in [0.15, 0.2) is 6.20 Å². The highest BCUT2D eigenvalue weighted by atomic mass is 32.1. The first-order valence-corrected chi connectivity index (χ1v) is 5.05. The quantitative estimate of drug-likeness (QED) is 0.842. The van der Waals surface area contributed by atoms with Gasteiger partial charge in [-0.25, -0.2) is 4.98 Å². The molecular weight excluding hydrogens is 243 g/mol. The molecule has 1 amide bonds. The molecule has 0 saturated heterocycles. The minimum atomic E-state index is -4.80. The highest BCUT2D eigenvalue weighted by molar-refractivity contribution is 7.15. The predicted molar refractivity (Wildman–Crippen MR) is 54.1 cm³/mol. The van der Waals surface area contributed by atoms with Crippen LogP contribution < -0.4 is 11.1 Å². The zero-order valence-electron chi connectivity index (χ0n) is 8.55. The van der Waals surface area contributed by atoms with Crippen molar-refractivity contribution in [2.24, 2.45) is 5.73 Å². The maximum atomic E-state index is 12.4. The standard InChI is InChI=1S/C8H10F3N3OS/c1-4-3-13-6(16-4)14-5(15)7(2,12)8(9,10)11/h3H,12H2,1-2H3,(H,13,14,15). The third-order valence-electron chi connectivity index (χ3n) is 1.90. The number of aryl methyl sites for hydroxylation is 1. The SMILES string of the molecule is Cc1cnc(NC(=O)C(C)(N)C(F)(F)F)s1. The van der Waals surface area contributed by atoms with Gasteiger partial charge in [-0.1, -0.05) is 0 Å². The fourth-order valence-electron chi connectivity index (χ4n) is 0.768. The van der Waals surface area contributed by atoms with E-state index in [0.717, 1.165) is 16.2 Å². The van der Waals surface area contributed by atoms with Gasteiger partial charge >= 0.3 is 6.18 Å². The molecule has 1 unspecified atom stereocenters. The molecule has 1 aromatic rings. The summed E-state index contributed by atoms with van der Waals surface area (Å²) in [4.78, 5) is 15.8. The van der Waals surface area contributed by atoms with E-state index in [4.69, 9.17) is 5.73 Å². The average Bonchev–Trinajstić information content (AvgIpc) is 2.49. The highest BCUT2D eigenvalue weighted by Crippen LogP contribution is 2.29. The van der Waals surface area contributed by atoms with Crippen LogP contribution in [0.25, 0.3) is 0 Å². The molecule has 90 valence electrons. The Morgan fingerprint density at radius 2 is 2.12 bits per heavy atom. The molecule has 0 bridgehead atoms. The van der Waals surface area contributed by atoms with Gasteiger partial charge in [-0.15, -0.1) is 11.3 Å². The van der Waals surface area contributed by atoms with Gasteiger partial charge in [0.25, 0.3) is 5.91 Å². The van der Waals surface area contributed by atoms with Crippen molar-refractivity contribution in [3.05, 3.63) is 11.1 Å². The molecule has 1 rings (SSSR count). The van der Waals surface area contributed by atoms with Gasteiger partial charge in [-0.05, 0) is 13.8 Å². The number of alkyl halides is 3. The Hall–Kier alpha value is -1.15. The first-order valence-electron chi connectivity index (χ1n) is 4.24. The molecule has 8 heteroatoms. The van der Waals surface area contributed by atoms with Crippen molar-refractivity contribution < 1.29 is 18.0 Å². The second kappa shape index (κ2) is 4.02. The van der Waals surface area contributed by atoms with Crippen LogP contribution in [-0.2, 0) is 4.79 Å². The van der Waals surface area contributed by atoms with E-state index in [1.165, 1.54) is 6.20 Å². The summed E-state index contributed by atoms with van der Waals surface area (Å²) in [5, 5.41) is 2.13. The first kappa shape index (κ1) is 12.9. The van der Waals surface area contributed by atoms with Gasteiger partial charge in [-0.2, -0.15) is 13.2 Å². The Balaban J connectivity index is 2.80. The van der Waals surface area contributed by atoms with Crippen LogP contribution in [0.3, 0.4) is 0 Å². The topological polar surface area (TPSA) is 68.0 Å². The van der Waals surface area contributed by atoms with Gasteiger partial charge in [0.05, 0.1) is 0 Å². The smallest absolute Gasteiger partial charge is 0.310 e. The van der Waals surface area contributed by atoms with Crippen molar-refractivity contribution in [1.82, 2.24) is 4.98 Å². The molecule has 0 fully saturated rings. The van der Waals surface area contributed by atoms with E-state index >= 15 is 0 Å². The van der Waals surface area contributed by atoms with E-state index < -0.39 is 17.6 Å². The molecule has 0 saturated carbocycles. The van der Waals surface area contributed by atoms with Crippen molar-refractivity contribution in [3.8, 4) is 0 Å². The molecular formula is C8H10F3N3OS. The Kier molecular flexibility index (Phi) is 3.25. The fourth-order valence-corrected chi connectivity index (χ4v) is 1.43. The van der Waals surface area contributed by atoms with E-state index in [2.05, 4.69) is 4.98 Å². The number of anilines is 1. The van der Waals surface area contributed by atoms with Crippen molar-refractivity contribution >= 4 is 22.4 Å². The first-order chi connectivity index (χ1) is 7.14. The Morgan fingerprint density at radius 1 is 1.56 bits per heavy atom. The zero-order valence-corrected chi connectivity index (χ0v) is 9.37. The summed E-state index contributed by atoms with van der Waals surface area (Å²) in [6, 6.07) is 0. The van der Waals surface area contributed by atoms with Crippen LogP contribution in [0, 0.1) is 6.92 Å². The Bertz CT molecular complexity index is 399. The van der Waals surface area contributed by atoms with Crippen LogP contribution in [0.2, 0.25) is 0 Å². The lowest BCUT2D eigenvalue weighted by Gasteiger charge is -2.25. The van der Waals surface area contributed by atoms with E-state index in [1.54, 1.807) is 6.92 Å². The Morgan fingerprint density at radius 3 is 2.50 bits per heavy atom. The van der Waals surface area contributed by atoms with Crippen LogP contribution in [0.5, 0.6) is 0 Å². The molecule has 0 radical (unpaired) electrons. The second-order valence-corrected chi connectivity index (χ2v) is 4.67. The number of aromatic nitrogens is 1. The number of nitrogens with two attached hydrogens (primary N) is 1. The van der Waals surface area contributed by atoms with E-state index in [-0.39, 0.29) is 5.13 Å². The third kappa shape index (κ3) is 2.50. The Labute approximate surface area is 93.7 Å². The lowest BCUT2D eigenvalue weighted by molar-refractivity contribution is -0.184. The molecule has 0 spiro atoms. The van der Waals surface area contributed by atoms with Gasteiger partial charge < -0.3 is 11.1 Å². The number of carbonyl (C=O) groups excluding carboxylic acids is 1.